The predicted molar refractivity (Wildman–Crippen MR) is 139 cm³/mol. The van der Waals surface area contributed by atoms with Gasteiger partial charge in [0, 0.05) is 54.5 Å². The molecule has 37 heavy (non-hydrogen) atoms. The molecule has 1 saturated heterocycles. The van der Waals surface area contributed by atoms with E-state index in [1.807, 2.05) is 16.7 Å². The summed E-state index contributed by atoms with van der Waals surface area (Å²) in [5.41, 5.74) is 4.98. The van der Waals surface area contributed by atoms with E-state index in [0.717, 1.165) is 57.1 Å². The van der Waals surface area contributed by atoms with Crippen LogP contribution in [0, 0.1) is 18.6 Å². The summed E-state index contributed by atoms with van der Waals surface area (Å²) in [6.07, 6.45) is 2.40. The van der Waals surface area contributed by atoms with E-state index in [-0.39, 0.29) is 24.2 Å². The lowest BCUT2D eigenvalue weighted by Crippen LogP contribution is -2.52. The lowest BCUT2D eigenvalue weighted by atomic mass is 10.0. The molecule has 0 unspecified atom stereocenters. The number of halogens is 2. The summed E-state index contributed by atoms with van der Waals surface area (Å²) in [7, 11) is 0. The van der Waals surface area contributed by atoms with E-state index in [1.165, 1.54) is 18.2 Å². The van der Waals surface area contributed by atoms with Crippen molar-refractivity contribution in [1.29, 1.82) is 0 Å². The zero-order valence-corrected chi connectivity index (χ0v) is 21.4. The van der Waals surface area contributed by atoms with Gasteiger partial charge in [-0.25, -0.2) is 18.6 Å². The fourth-order valence-corrected chi connectivity index (χ4v) is 6.19. The van der Waals surface area contributed by atoms with Crippen LogP contribution in [0.2, 0.25) is 0 Å². The minimum absolute atomic E-state index is 0.0726. The first kappa shape index (κ1) is 24.0. The predicted octanol–water partition coefficient (Wildman–Crippen LogP) is 5.01. The summed E-state index contributed by atoms with van der Waals surface area (Å²) in [6, 6.07) is 9.95. The number of likely N-dealkylation sites (tertiary alicyclic amines) is 1. The van der Waals surface area contributed by atoms with Gasteiger partial charge in [-0.1, -0.05) is 12.1 Å². The third kappa shape index (κ3) is 4.83. The monoisotopic (exact) mass is 522 g/mol. The SMILES string of the molecule is Cc1nc2cc(-c3n[nH]c4c3CN(C(=O)N[C@@H]3CCCN(Cc5c(F)cccc5F)C3)CC4)ccc2s1. The molecule has 2 aromatic heterocycles. The molecule has 6 rings (SSSR count). The van der Waals surface area contributed by atoms with Crippen LogP contribution in [-0.2, 0) is 19.5 Å². The quantitative estimate of drug-likeness (QED) is 0.395. The molecule has 192 valence electrons. The van der Waals surface area contributed by atoms with Crippen molar-refractivity contribution in [2.24, 2.45) is 0 Å². The molecule has 4 aromatic rings. The lowest BCUT2D eigenvalue weighted by molar-refractivity contribution is 0.158. The smallest absolute Gasteiger partial charge is 0.317 e. The maximum absolute atomic E-state index is 14.1. The normalized spacial score (nSPS) is 18.2. The lowest BCUT2D eigenvalue weighted by Gasteiger charge is -2.35. The molecule has 0 saturated carbocycles. The summed E-state index contributed by atoms with van der Waals surface area (Å²) in [4.78, 5) is 21.7. The van der Waals surface area contributed by atoms with Gasteiger partial charge in [-0.05, 0) is 50.6 Å². The topological polar surface area (TPSA) is 77.1 Å². The second kappa shape index (κ2) is 9.83. The van der Waals surface area contributed by atoms with Crippen LogP contribution in [0.5, 0.6) is 0 Å². The molecule has 0 aliphatic carbocycles. The maximum atomic E-state index is 14.1. The number of piperidine rings is 1. The number of aryl methyl sites for hydroxylation is 1. The Hall–Kier alpha value is -3.37. The third-order valence-corrected chi connectivity index (χ3v) is 8.22. The van der Waals surface area contributed by atoms with Crippen LogP contribution in [0.4, 0.5) is 13.6 Å². The number of rotatable bonds is 4. The highest BCUT2D eigenvalue weighted by molar-refractivity contribution is 7.18. The van der Waals surface area contributed by atoms with E-state index in [4.69, 9.17) is 0 Å². The van der Waals surface area contributed by atoms with Crippen molar-refractivity contribution in [2.75, 3.05) is 19.6 Å². The molecule has 0 radical (unpaired) electrons. The summed E-state index contributed by atoms with van der Waals surface area (Å²) < 4.78 is 29.4. The Morgan fingerprint density at radius 2 is 2.05 bits per heavy atom. The Labute approximate surface area is 217 Å². The first-order valence-corrected chi connectivity index (χ1v) is 13.4. The number of nitrogens with one attached hydrogen (secondary N) is 2. The highest BCUT2D eigenvalue weighted by atomic mass is 32.1. The number of amides is 2. The van der Waals surface area contributed by atoms with Crippen LogP contribution in [0.15, 0.2) is 36.4 Å². The molecule has 0 spiro atoms. The summed E-state index contributed by atoms with van der Waals surface area (Å²) in [5, 5.41) is 11.9. The molecule has 4 heterocycles. The Kier molecular flexibility index (Phi) is 6.37. The number of aromatic amines is 1. The minimum Gasteiger partial charge on any atom is -0.334 e. The summed E-state index contributed by atoms with van der Waals surface area (Å²) >= 11 is 1.67. The number of fused-ring (bicyclic) bond motifs is 2. The molecule has 2 aromatic carbocycles. The van der Waals surface area contributed by atoms with Gasteiger partial charge in [-0.2, -0.15) is 5.10 Å². The van der Waals surface area contributed by atoms with Gasteiger partial charge in [0.25, 0.3) is 0 Å². The van der Waals surface area contributed by atoms with Gasteiger partial charge in [0.2, 0.25) is 0 Å². The molecule has 1 atom stereocenters. The Morgan fingerprint density at radius 3 is 2.89 bits per heavy atom. The number of benzene rings is 2. The molecule has 2 aliphatic heterocycles. The fourth-order valence-electron chi connectivity index (χ4n) is 5.39. The molecule has 0 bridgehead atoms. The molecular weight excluding hydrogens is 494 g/mol. The van der Waals surface area contributed by atoms with Crippen molar-refractivity contribution < 1.29 is 13.6 Å². The molecule has 10 heteroatoms. The Morgan fingerprint density at radius 1 is 1.22 bits per heavy atom. The molecule has 2 aliphatic rings. The van der Waals surface area contributed by atoms with Gasteiger partial charge in [0.15, 0.2) is 0 Å². The van der Waals surface area contributed by atoms with Crippen LogP contribution in [0.3, 0.4) is 0 Å². The number of carbonyl (C=O) groups excluding carboxylic acids is 1. The second-order valence-corrected chi connectivity index (χ2v) is 11.1. The fraction of sp³-hybridized carbons (Fsp3) is 0.370. The van der Waals surface area contributed by atoms with Gasteiger partial charge in [0.05, 0.1) is 27.5 Å². The maximum Gasteiger partial charge on any atom is 0.317 e. The van der Waals surface area contributed by atoms with Crippen LogP contribution < -0.4 is 5.32 Å². The zero-order chi connectivity index (χ0) is 25.5. The number of urea groups is 1. The number of carbonyl (C=O) groups is 1. The molecule has 2 N–H and O–H groups in total. The van der Waals surface area contributed by atoms with E-state index < -0.39 is 11.6 Å². The van der Waals surface area contributed by atoms with Crippen molar-refractivity contribution in [3.8, 4) is 11.3 Å². The zero-order valence-electron chi connectivity index (χ0n) is 20.6. The van der Waals surface area contributed by atoms with Gasteiger partial charge >= 0.3 is 6.03 Å². The molecule has 1 fully saturated rings. The Balaban J connectivity index is 1.13. The number of hydrogen-bond acceptors (Lipinski definition) is 5. The van der Waals surface area contributed by atoms with Crippen LogP contribution in [0.1, 0.15) is 34.7 Å². The number of aromatic nitrogens is 3. The van der Waals surface area contributed by atoms with Crippen molar-refractivity contribution in [2.45, 2.75) is 45.3 Å². The first-order valence-electron chi connectivity index (χ1n) is 12.6. The molecule has 2 amide bonds. The van der Waals surface area contributed by atoms with Gasteiger partial charge in [-0.15, -0.1) is 11.3 Å². The minimum atomic E-state index is -0.532. The van der Waals surface area contributed by atoms with Gasteiger partial charge in [0.1, 0.15) is 11.6 Å². The van der Waals surface area contributed by atoms with E-state index in [9.17, 15) is 13.6 Å². The summed E-state index contributed by atoms with van der Waals surface area (Å²) in [5.74, 6) is -1.06. The van der Waals surface area contributed by atoms with E-state index >= 15 is 0 Å². The van der Waals surface area contributed by atoms with Gasteiger partial charge < -0.3 is 10.2 Å². The third-order valence-electron chi connectivity index (χ3n) is 7.27. The van der Waals surface area contributed by atoms with Crippen molar-refractivity contribution in [1.82, 2.24) is 30.3 Å². The van der Waals surface area contributed by atoms with E-state index in [2.05, 4.69) is 38.7 Å². The second-order valence-electron chi connectivity index (χ2n) is 9.84. The largest absolute Gasteiger partial charge is 0.334 e. The molecule has 7 nitrogen and oxygen atoms in total. The van der Waals surface area contributed by atoms with Crippen LogP contribution in [0.25, 0.3) is 21.5 Å². The standard InChI is InChI=1S/C27H28F2N6OS/c1-16-30-24-12-17(7-8-25(24)37-16)26-20-15-35(11-9-23(20)32-33-26)27(36)31-18-4-3-10-34(13-18)14-19-21(28)5-2-6-22(19)29/h2,5-8,12,18H,3-4,9-11,13-15H2,1H3,(H,31,36)(H,32,33)/t18-/m1/s1. The van der Waals surface area contributed by atoms with Crippen LogP contribution >= 0.6 is 11.3 Å². The highest BCUT2D eigenvalue weighted by Gasteiger charge is 2.29. The number of thiazole rings is 1. The average Bonchev–Trinajstić information content (AvgIpc) is 3.48. The van der Waals surface area contributed by atoms with E-state index in [0.29, 0.717) is 26.1 Å². The summed E-state index contributed by atoms with van der Waals surface area (Å²) in [6.45, 7) is 4.57. The van der Waals surface area contributed by atoms with Crippen molar-refractivity contribution in [3.05, 3.63) is 69.9 Å². The number of nitrogens with zero attached hydrogens (tertiary/aromatic N) is 4. The highest BCUT2D eigenvalue weighted by Crippen LogP contribution is 2.32. The van der Waals surface area contributed by atoms with Crippen LogP contribution in [-0.4, -0.2) is 56.7 Å². The Bertz CT molecular complexity index is 1450. The van der Waals surface area contributed by atoms with Gasteiger partial charge in [-0.3, -0.25) is 10.00 Å². The average molecular weight is 523 g/mol. The number of H-pyrrole nitrogens is 1. The van der Waals surface area contributed by atoms with Crippen molar-refractivity contribution in [3.63, 3.8) is 0 Å². The molecular formula is C27H28F2N6OS. The number of hydrogen-bond donors (Lipinski definition) is 2. The van der Waals surface area contributed by atoms with Crippen molar-refractivity contribution >= 4 is 27.6 Å². The first-order chi connectivity index (χ1) is 17.9. The van der Waals surface area contributed by atoms with E-state index in [1.54, 1.807) is 11.3 Å².